The molecule has 0 radical (unpaired) electrons. The number of carbonyl (C=O) groups excluding carboxylic acids is 2. The maximum atomic E-state index is 12.1. The lowest BCUT2D eigenvalue weighted by Gasteiger charge is -2.12. The molecule has 0 aliphatic carbocycles. The molecule has 25 heavy (non-hydrogen) atoms. The summed E-state index contributed by atoms with van der Waals surface area (Å²) in [5, 5.41) is 8.02. The molecule has 0 unspecified atom stereocenters. The van der Waals surface area contributed by atoms with Crippen LogP contribution in [0.4, 0.5) is 16.3 Å². The van der Waals surface area contributed by atoms with Gasteiger partial charge in [0.2, 0.25) is 5.91 Å². The second-order valence-corrected chi connectivity index (χ2v) is 5.27. The number of hydrogen-bond donors (Lipinski definition) is 3. The van der Waals surface area contributed by atoms with Gasteiger partial charge in [-0.2, -0.15) is 0 Å². The molecule has 1 aromatic carbocycles. The highest BCUT2D eigenvalue weighted by atomic mass is 16.5. The number of nitrogens with one attached hydrogen (secondary N) is 3. The van der Waals surface area contributed by atoms with E-state index in [0.29, 0.717) is 23.8 Å². The Morgan fingerprint density at radius 1 is 1.16 bits per heavy atom. The number of carbonyl (C=O) groups is 2. The number of rotatable bonds is 6. The molecule has 2 rings (SSSR count). The highest BCUT2D eigenvalue weighted by Crippen LogP contribution is 2.25. The van der Waals surface area contributed by atoms with Crippen LogP contribution in [0.2, 0.25) is 0 Å². The van der Waals surface area contributed by atoms with Gasteiger partial charge < -0.3 is 15.4 Å². The Labute approximate surface area is 146 Å². The van der Waals surface area contributed by atoms with Crippen molar-refractivity contribution in [3.8, 4) is 5.75 Å². The molecule has 0 aliphatic rings. The molecule has 2 aromatic rings. The minimum absolute atomic E-state index is 0.115. The molecule has 8 nitrogen and oxygen atoms in total. The van der Waals surface area contributed by atoms with Crippen molar-refractivity contribution in [2.24, 2.45) is 0 Å². The number of urea groups is 1. The van der Waals surface area contributed by atoms with Crippen molar-refractivity contribution in [1.29, 1.82) is 0 Å². The predicted molar refractivity (Wildman–Crippen MR) is 94.6 cm³/mol. The van der Waals surface area contributed by atoms with E-state index >= 15 is 0 Å². The van der Waals surface area contributed by atoms with E-state index in [1.807, 2.05) is 6.92 Å². The minimum atomic E-state index is -0.452. The van der Waals surface area contributed by atoms with E-state index in [4.69, 9.17) is 4.74 Å². The fraction of sp³-hybridized carbons (Fsp3) is 0.294. The number of ether oxygens (including phenoxy) is 1. The van der Waals surface area contributed by atoms with Gasteiger partial charge in [-0.3, -0.25) is 15.1 Å². The fourth-order valence-corrected chi connectivity index (χ4v) is 2.05. The van der Waals surface area contributed by atoms with Gasteiger partial charge in [-0.15, -0.1) is 0 Å². The third-order valence-electron chi connectivity index (χ3n) is 3.36. The summed E-state index contributed by atoms with van der Waals surface area (Å²) in [7, 11) is 1.51. The Balaban J connectivity index is 2.02. The molecule has 132 valence electrons. The largest absolute Gasteiger partial charge is 0.495 e. The molecular formula is C17H21N5O3. The zero-order chi connectivity index (χ0) is 18.2. The summed E-state index contributed by atoms with van der Waals surface area (Å²) in [4.78, 5) is 31.4. The molecule has 0 bridgehead atoms. The van der Waals surface area contributed by atoms with Crippen molar-refractivity contribution in [1.82, 2.24) is 15.3 Å². The molecule has 0 atom stereocenters. The summed E-state index contributed by atoms with van der Waals surface area (Å²) in [5.74, 6) is 0.733. The zero-order valence-corrected chi connectivity index (χ0v) is 14.4. The third-order valence-corrected chi connectivity index (χ3v) is 3.36. The van der Waals surface area contributed by atoms with Gasteiger partial charge in [-0.25, -0.2) is 9.78 Å². The highest BCUT2D eigenvalue weighted by Gasteiger charge is 2.10. The van der Waals surface area contributed by atoms with E-state index in [-0.39, 0.29) is 5.91 Å². The third kappa shape index (κ3) is 5.45. The van der Waals surface area contributed by atoms with Crippen LogP contribution in [0, 0.1) is 0 Å². The van der Waals surface area contributed by atoms with Crippen LogP contribution in [0.5, 0.6) is 5.75 Å². The predicted octanol–water partition coefficient (Wildman–Crippen LogP) is 2.33. The van der Waals surface area contributed by atoms with Crippen LogP contribution >= 0.6 is 0 Å². The quantitative estimate of drug-likeness (QED) is 0.746. The summed E-state index contributed by atoms with van der Waals surface area (Å²) in [6, 6.07) is 4.80. The lowest BCUT2D eigenvalue weighted by molar-refractivity contribution is -0.119. The second-order valence-electron chi connectivity index (χ2n) is 5.27. The summed E-state index contributed by atoms with van der Waals surface area (Å²) >= 11 is 0. The van der Waals surface area contributed by atoms with Crippen LogP contribution in [0.3, 0.4) is 0 Å². The summed E-state index contributed by atoms with van der Waals surface area (Å²) < 4.78 is 5.29. The van der Waals surface area contributed by atoms with E-state index in [9.17, 15) is 9.59 Å². The normalized spacial score (nSPS) is 10.0. The van der Waals surface area contributed by atoms with E-state index in [2.05, 4.69) is 25.9 Å². The first-order valence-corrected chi connectivity index (χ1v) is 7.82. The van der Waals surface area contributed by atoms with Crippen molar-refractivity contribution in [2.45, 2.75) is 26.8 Å². The van der Waals surface area contributed by atoms with Gasteiger partial charge in [-0.05, 0) is 24.1 Å². The number of anilines is 2. The Kier molecular flexibility index (Phi) is 6.27. The molecule has 8 heteroatoms. The van der Waals surface area contributed by atoms with Gasteiger partial charge in [0.15, 0.2) is 5.82 Å². The Hall–Kier alpha value is -3.16. The number of nitrogens with zero attached hydrogens (tertiary/aromatic N) is 2. The van der Waals surface area contributed by atoms with Crippen molar-refractivity contribution in [2.75, 3.05) is 17.7 Å². The molecule has 0 spiro atoms. The van der Waals surface area contributed by atoms with E-state index in [1.165, 1.54) is 20.2 Å². The van der Waals surface area contributed by atoms with E-state index in [0.717, 1.165) is 17.7 Å². The summed E-state index contributed by atoms with van der Waals surface area (Å²) in [6.45, 7) is 3.82. The highest BCUT2D eigenvalue weighted by molar-refractivity contribution is 6.00. The van der Waals surface area contributed by atoms with Crippen LogP contribution in [-0.4, -0.2) is 29.0 Å². The fourth-order valence-electron chi connectivity index (χ4n) is 2.05. The van der Waals surface area contributed by atoms with Crippen molar-refractivity contribution in [3.63, 3.8) is 0 Å². The molecule has 3 amide bonds. The van der Waals surface area contributed by atoms with E-state index < -0.39 is 6.03 Å². The first-order valence-electron chi connectivity index (χ1n) is 7.82. The number of benzene rings is 1. The zero-order valence-electron chi connectivity index (χ0n) is 14.4. The van der Waals surface area contributed by atoms with Crippen molar-refractivity contribution < 1.29 is 14.3 Å². The van der Waals surface area contributed by atoms with Gasteiger partial charge in [0.25, 0.3) is 0 Å². The Bertz CT molecular complexity index is 746. The molecule has 0 saturated heterocycles. The Morgan fingerprint density at radius 3 is 2.56 bits per heavy atom. The van der Waals surface area contributed by atoms with Gasteiger partial charge in [0.05, 0.1) is 30.9 Å². The average Bonchev–Trinajstić information content (AvgIpc) is 2.61. The van der Waals surface area contributed by atoms with Crippen molar-refractivity contribution in [3.05, 3.63) is 41.9 Å². The summed E-state index contributed by atoms with van der Waals surface area (Å²) in [6.07, 6.45) is 3.90. The molecule has 1 aromatic heterocycles. The monoisotopic (exact) mass is 343 g/mol. The van der Waals surface area contributed by atoms with E-state index in [1.54, 1.807) is 24.4 Å². The van der Waals surface area contributed by atoms with Gasteiger partial charge in [-0.1, -0.05) is 13.0 Å². The Morgan fingerprint density at radius 2 is 1.96 bits per heavy atom. The summed E-state index contributed by atoms with van der Waals surface area (Å²) in [5.41, 5.74) is 2.21. The standard InChI is InChI=1S/C17H21N5O3/c1-4-13-9-20-16(10-19-13)22-17(24)21-14-6-5-12(7-15(14)25-3)8-18-11(2)23/h5-7,9-10H,4,8H2,1-3H3,(H,18,23)(H2,20,21,22,24). The smallest absolute Gasteiger partial charge is 0.324 e. The van der Waals surface area contributed by atoms with Crippen molar-refractivity contribution >= 4 is 23.4 Å². The number of aryl methyl sites for hydroxylation is 1. The second kappa shape index (κ2) is 8.62. The van der Waals surface area contributed by atoms with Crippen LogP contribution in [-0.2, 0) is 17.8 Å². The van der Waals surface area contributed by atoms with Gasteiger partial charge in [0, 0.05) is 13.5 Å². The number of aromatic nitrogens is 2. The maximum absolute atomic E-state index is 12.1. The lowest BCUT2D eigenvalue weighted by Crippen LogP contribution is -2.21. The molecule has 3 N–H and O–H groups in total. The number of methoxy groups -OCH3 is 1. The molecule has 0 aliphatic heterocycles. The number of hydrogen-bond acceptors (Lipinski definition) is 5. The average molecular weight is 343 g/mol. The van der Waals surface area contributed by atoms with Gasteiger partial charge >= 0.3 is 6.03 Å². The minimum Gasteiger partial charge on any atom is -0.495 e. The van der Waals surface area contributed by atoms with Crippen LogP contribution in [0.25, 0.3) is 0 Å². The molecular weight excluding hydrogens is 322 g/mol. The van der Waals surface area contributed by atoms with Crippen LogP contribution in [0.15, 0.2) is 30.6 Å². The van der Waals surface area contributed by atoms with Gasteiger partial charge in [0.1, 0.15) is 5.75 Å². The maximum Gasteiger partial charge on any atom is 0.324 e. The van der Waals surface area contributed by atoms with Crippen LogP contribution in [0.1, 0.15) is 25.1 Å². The SMILES string of the molecule is CCc1cnc(NC(=O)Nc2ccc(CNC(C)=O)cc2OC)cn1. The first kappa shape index (κ1) is 18.2. The molecule has 0 saturated carbocycles. The van der Waals surface area contributed by atoms with Crippen LogP contribution < -0.4 is 20.7 Å². The lowest BCUT2D eigenvalue weighted by atomic mass is 10.2. The number of amides is 3. The molecule has 0 fully saturated rings. The molecule has 1 heterocycles. The topological polar surface area (TPSA) is 105 Å². The first-order chi connectivity index (χ1) is 12.0.